The van der Waals surface area contributed by atoms with Crippen molar-refractivity contribution in [2.45, 2.75) is 25.9 Å². The van der Waals surface area contributed by atoms with Crippen LogP contribution in [0.15, 0.2) is 30.3 Å². The molecule has 0 spiro atoms. The van der Waals surface area contributed by atoms with Crippen molar-refractivity contribution in [2.75, 3.05) is 25.1 Å². The highest BCUT2D eigenvalue weighted by Gasteiger charge is 2.25. The van der Waals surface area contributed by atoms with E-state index in [1.54, 1.807) is 25.1 Å². The molecule has 2 heterocycles. The summed E-state index contributed by atoms with van der Waals surface area (Å²) in [5, 5.41) is 8.97. The summed E-state index contributed by atoms with van der Waals surface area (Å²) in [6, 6.07) is 10.6. The zero-order valence-corrected chi connectivity index (χ0v) is 15.2. The number of aryl methyl sites for hydroxylation is 1. The van der Waals surface area contributed by atoms with Gasteiger partial charge in [0.15, 0.2) is 0 Å². The first kappa shape index (κ1) is 18.6. The number of esters is 1. The van der Waals surface area contributed by atoms with Gasteiger partial charge in [-0.2, -0.15) is 9.65 Å². The third-order valence-corrected chi connectivity index (χ3v) is 4.55. The number of pyridine rings is 1. The number of halogens is 1. The van der Waals surface area contributed by atoms with Gasteiger partial charge >= 0.3 is 5.97 Å². The number of nitriles is 1. The summed E-state index contributed by atoms with van der Waals surface area (Å²) in [5.41, 5.74) is 1.12. The Balaban J connectivity index is 1.66. The monoisotopic (exact) mass is 369 g/mol. The quantitative estimate of drug-likeness (QED) is 0.608. The molecule has 1 aliphatic heterocycles. The number of aromatic nitrogens is 1. The van der Waals surface area contributed by atoms with Crippen molar-refractivity contribution in [2.24, 2.45) is 0 Å². The van der Waals surface area contributed by atoms with E-state index in [0.717, 1.165) is 18.4 Å². The number of anilines is 1. The fourth-order valence-electron chi connectivity index (χ4n) is 3.17. The standard InChI is InChI=1S/C20H20FN3O3/c1-13-10-17(20(25)26-2)18(21)23-19(13)24-8-6-15(7-9-24)27-16-5-3-4-14(11-16)12-22/h3-5,10-11,15H,6-9H2,1-2H3. The second-order valence-electron chi connectivity index (χ2n) is 6.40. The van der Waals surface area contributed by atoms with Gasteiger partial charge in [0.25, 0.3) is 0 Å². The molecule has 2 aromatic rings. The Labute approximate surface area is 157 Å². The van der Waals surface area contributed by atoms with E-state index in [1.165, 1.54) is 13.2 Å². The molecule has 0 atom stereocenters. The minimum Gasteiger partial charge on any atom is -0.490 e. The lowest BCUT2D eigenvalue weighted by Crippen LogP contribution is -2.39. The number of carbonyl (C=O) groups is 1. The highest BCUT2D eigenvalue weighted by atomic mass is 19.1. The highest BCUT2D eigenvalue weighted by molar-refractivity contribution is 5.89. The molecule has 1 fully saturated rings. The smallest absolute Gasteiger partial charge is 0.342 e. The van der Waals surface area contributed by atoms with Crippen molar-refractivity contribution >= 4 is 11.8 Å². The van der Waals surface area contributed by atoms with Gasteiger partial charge < -0.3 is 14.4 Å². The molecule has 0 radical (unpaired) electrons. The zero-order valence-electron chi connectivity index (χ0n) is 15.2. The van der Waals surface area contributed by atoms with Crippen LogP contribution >= 0.6 is 0 Å². The first-order valence-corrected chi connectivity index (χ1v) is 8.69. The van der Waals surface area contributed by atoms with Crippen LogP contribution in [0.5, 0.6) is 5.75 Å². The van der Waals surface area contributed by atoms with Crippen LogP contribution in [0, 0.1) is 24.2 Å². The topological polar surface area (TPSA) is 75.4 Å². The average Bonchev–Trinajstić information content (AvgIpc) is 2.69. The van der Waals surface area contributed by atoms with Crippen LogP contribution in [0.3, 0.4) is 0 Å². The number of rotatable bonds is 4. The van der Waals surface area contributed by atoms with Crippen LogP contribution in [-0.4, -0.2) is 37.3 Å². The van der Waals surface area contributed by atoms with Gasteiger partial charge in [0, 0.05) is 25.9 Å². The van der Waals surface area contributed by atoms with E-state index < -0.39 is 11.9 Å². The highest BCUT2D eigenvalue weighted by Crippen LogP contribution is 2.26. The molecule has 1 saturated heterocycles. The maximum absolute atomic E-state index is 14.2. The lowest BCUT2D eigenvalue weighted by Gasteiger charge is -2.33. The molecular formula is C20H20FN3O3. The van der Waals surface area contributed by atoms with E-state index >= 15 is 0 Å². The number of ether oxygens (including phenoxy) is 2. The third-order valence-electron chi connectivity index (χ3n) is 4.55. The Hall–Kier alpha value is -3.14. The molecule has 1 aromatic heterocycles. The van der Waals surface area contributed by atoms with Crippen molar-refractivity contribution in [3.05, 3.63) is 53.0 Å². The van der Waals surface area contributed by atoms with E-state index in [4.69, 9.17) is 10.00 Å². The van der Waals surface area contributed by atoms with Crippen molar-refractivity contribution in [3.8, 4) is 11.8 Å². The SMILES string of the molecule is COC(=O)c1cc(C)c(N2CCC(Oc3cccc(C#N)c3)CC2)nc1F. The summed E-state index contributed by atoms with van der Waals surface area (Å²) in [4.78, 5) is 17.6. The average molecular weight is 369 g/mol. The molecule has 7 heteroatoms. The molecular weight excluding hydrogens is 349 g/mol. The summed E-state index contributed by atoms with van der Waals surface area (Å²) in [6.45, 7) is 3.12. The molecule has 1 aromatic carbocycles. The first-order chi connectivity index (χ1) is 13.0. The van der Waals surface area contributed by atoms with E-state index in [1.807, 2.05) is 11.0 Å². The number of piperidine rings is 1. The molecule has 140 valence electrons. The fourth-order valence-corrected chi connectivity index (χ4v) is 3.17. The largest absolute Gasteiger partial charge is 0.490 e. The summed E-state index contributed by atoms with van der Waals surface area (Å²) in [6.07, 6.45) is 1.52. The number of methoxy groups -OCH3 is 1. The molecule has 0 saturated carbocycles. The minimum atomic E-state index is -0.825. The zero-order chi connectivity index (χ0) is 19.4. The van der Waals surface area contributed by atoms with Crippen molar-refractivity contribution < 1.29 is 18.7 Å². The number of nitrogens with zero attached hydrogens (tertiary/aromatic N) is 3. The molecule has 1 aliphatic rings. The molecule has 0 aliphatic carbocycles. The Bertz CT molecular complexity index is 887. The molecule has 27 heavy (non-hydrogen) atoms. The van der Waals surface area contributed by atoms with Crippen molar-refractivity contribution in [1.82, 2.24) is 4.98 Å². The predicted octanol–water partition coefficient (Wildman–Crippen LogP) is 3.24. The van der Waals surface area contributed by atoms with Gasteiger partial charge in [0.05, 0.1) is 18.7 Å². The molecule has 0 bridgehead atoms. The third kappa shape index (κ3) is 4.17. The Morgan fingerprint density at radius 1 is 1.33 bits per heavy atom. The Kier molecular flexibility index (Phi) is 5.55. The van der Waals surface area contributed by atoms with E-state index in [0.29, 0.717) is 30.2 Å². The van der Waals surface area contributed by atoms with Gasteiger partial charge in [-0.3, -0.25) is 0 Å². The second-order valence-corrected chi connectivity index (χ2v) is 6.40. The van der Waals surface area contributed by atoms with Gasteiger partial charge in [-0.25, -0.2) is 9.78 Å². The lowest BCUT2D eigenvalue weighted by molar-refractivity contribution is 0.0594. The summed E-state index contributed by atoms with van der Waals surface area (Å²) < 4.78 is 24.7. The van der Waals surface area contributed by atoms with Crippen LogP contribution in [0.1, 0.15) is 34.3 Å². The maximum atomic E-state index is 14.2. The van der Waals surface area contributed by atoms with Crippen LogP contribution in [-0.2, 0) is 4.74 Å². The maximum Gasteiger partial charge on any atom is 0.342 e. The molecule has 6 nitrogen and oxygen atoms in total. The van der Waals surface area contributed by atoms with E-state index in [2.05, 4.69) is 15.8 Å². The lowest BCUT2D eigenvalue weighted by atomic mass is 10.1. The van der Waals surface area contributed by atoms with Crippen LogP contribution in [0.25, 0.3) is 0 Å². The van der Waals surface area contributed by atoms with Crippen LogP contribution in [0.2, 0.25) is 0 Å². The molecule has 0 N–H and O–H groups in total. The Morgan fingerprint density at radius 3 is 2.74 bits per heavy atom. The predicted molar refractivity (Wildman–Crippen MR) is 97.3 cm³/mol. The van der Waals surface area contributed by atoms with Gasteiger partial charge in [0.1, 0.15) is 23.2 Å². The molecule has 0 unspecified atom stereocenters. The van der Waals surface area contributed by atoms with Gasteiger partial charge in [-0.05, 0) is 36.8 Å². The van der Waals surface area contributed by atoms with Crippen molar-refractivity contribution in [3.63, 3.8) is 0 Å². The fraction of sp³-hybridized carbons (Fsp3) is 0.350. The van der Waals surface area contributed by atoms with Gasteiger partial charge in [0.2, 0.25) is 5.95 Å². The van der Waals surface area contributed by atoms with E-state index in [9.17, 15) is 9.18 Å². The first-order valence-electron chi connectivity index (χ1n) is 8.69. The minimum absolute atomic E-state index is 0.0229. The number of carbonyl (C=O) groups excluding carboxylic acids is 1. The summed E-state index contributed by atoms with van der Waals surface area (Å²) in [5.74, 6) is -0.351. The van der Waals surface area contributed by atoms with Gasteiger partial charge in [-0.1, -0.05) is 6.07 Å². The van der Waals surface area contributed by atoms with Crippen molar-refractivity contribution in [1.29, 1.82) is 5.26 Å². The number of hydrogen-bond donors (Lipinski definition) is 0. The Morgan fingerprint density at radius 2 is 2.07 bits per heavy atom. The van der Waals surface area contributed by atoms with E-state index in [-0.39, 0.29) is 11.7 Å². The van der Waals surface area contributed by atoms with Gasteiger partial charge in [-0.15, -0.1) is 0 Å². The summed E-state index contributed by atoms with van der Waals surface area (Å²) in [7, 11) is 1.21. The number of benzene rings is 1. The van der Waals surface area contributed by atoms with Crippen LogP contribution in [0.4, 0.5) is 10.2 Å². The summed E-state index contributed by atoms with van der Waals surface area (Å²) >= 11 is 0. The normalized spacial score (nSPS) is 14.5. The molecule has 3 rings (SSSR count). The number of hydrogen-bond acceptors (Lipinski definition) is 6. The second kappa shape index (κ2) is 8.04. The molecule has 0 amide bonds. The van der Waals surface area contributed by atoms with Crippen LogP contribution < -0.4 is 9.64 Å².